The maximum atomic E-state index is 12.2. The number of ether oxygens (including phenoxy) is 1. The lowest BCUT2D eigenvalue weighted by Crippen LogP contribution is -2.36. The topological polar surface area (TPSA) is 117 Å². The van der Waals surface area contributed by atoms with E-state index < -0.39 is 0 Å². The molecule has 0 radical (unpaired) electrons. The largest absolute Gasteiger partial charge is 0.457 e. The van der Waals surface area contributed by atoms with Crippen molar-refractivity contribution in [2.45, 2.75) is 45.3 Å². The van der Waals surface area contributed by atoms with Crippen molar-refractivity contribution >= 4 is 32.6 Å². The summed E-state index contributed by atoms with van der Waals surface area (Å²) in [7, 11) is 0. The van der Waals surface area contributed by atoms with Gasteiger partial charge in [-0.3, -0.25) is 9.78 Å². The number of carbonyl (C=O) groups is 1. The number of nitrogens with one attached hydrogen (secondary N) is 2. The van der Waals surface area contributed by atoms with Crippen LogP contribution in [0.15, 0.2) is 60.8 Å². The van der Waals surface area contributed by atoms with Crippen molar-refractivity contribution < 1.29 is 19.7 Å². The summed E-state index contributed by atoms with van der Waals surface area (Å²) in [6, 6.07) is 16.6. The molecule has 0 unspecified atom stereocenters. The van der Waals surface area contributed by atoms with E-state index in [0.717, 1.165) is 46.6 Å². The Labute approximate surface area is 220 Å². The number of anilines is 1. The summed E-state index contributed by atoms with van der Waals surface area (Å²) in [5, 5.41) is 26.1. The lowest BCUT2D eigenvalue weighted by Gasteiger charge is -2.27. The number of fused-ring (bicyclic) bond motifs is 1. The Morgan fingerprint density at radius 3 is 2.76 bits per heavy atom. The zero-order chi connectivity index (χ0) is 24.9. The molecule has 4 aromatic rings. The Kier molecular flexibility index (Phi) is 8.70. The zero-order valence-corrected chi connectivity index (χ0v) is 20.5. The minimum absolute atomic E-state index is 0. The van der Waals surface area contributed by atoms with Gasteiger partial charge in [0.2, 0.25) is 0 Å². The molecule has 1 aliphatic carbocycles. The second-order valence-electron chi connectivity index (χ2n) is 8.79. The van der Waals surface area contributed by atoms with E-state index in [2.05, 4.69) is 20.6 Å². The first-order valence-corrected chi connectivity index (χ1v) is 12.9. The van der Waals surface area contributed by atoms with E-state index in [1.165, 1.54) is 0 Å². The molecular weight excluding hydrogens is 488 g/mol. The number of amides is 1. The van der Waals surface area contributed by atoms with Crippen molar-refractivity contribution in [3.8, 4) is 22.8 Å². The number of carbonyl (C=O) groups excluding carboxylic acids is 1. The van der Waals surface area contributed by atoms with Gasteiger partial charge in [0, 0.05) is 36.0 Å². The van der Waals surface area contributed by atoms with Crippen LogP contribution in [0.4, 0.5) is 5.13 Å². The number of aliphatic hydroxyl groups is 2. The molecule has 2 heterocycles. The molecule has 194 valence electrons. The smallest absolute Gasteiger partial charge is 0.251 e. The van der Waals surface area contributed by atoms with Crippen molar-refractivity contribution in [3.63, 3.8) is 0 Å². The average molecular weight is 521 g/mol. The van der Waals surface area contributed by atoms with Gasteiger partial charge in [-0.05, 0) is 43.2 Å². The number of thiazole rings is 1. The third kappa shape index (κ3) is 6.43. The lowest BCUT2D eigenvalue weighted by atomic mass is 9.93. The summed E-state index contributed by atoms with van der Waals surface area (Å²) in [4.78, 5) is 21.4. The fourth-order valence-corrected chi connectivity index (χ4v) is 5.28. The molecule has 0 spiro atoms. The summed E-state index contributed by atoms with van der Waals surface area (Å²) >= 11 is 1.55. The number of hydrogen-bond acceptors (Lipinski definition) is 8. The molecule has 4 N–H and O–H groups in total. The molecule has 1 saturated carbocycles. The zero-order valence-electron chi connectivity index (χ0n) is 19.7. The van der Waals surface area contributed by atoms with E-state index in [4.69, 9.17) is 9.84 Å². The van der Waals surface area contributed by atoms with E-state index in [1.807, 2.05) is 30.3 Å². The van der Waals surface area contributed by atoms with E-state index in [1.54, 1.807) is 41.8 Å². The van der Waals surface area contributed by atoms with Crippen LogP contribution in [0.25, 0.3) is 21.5 Å². The third-order valence-corrected chi connectivity index (χ3v) is 7.13. The predicted molar refractivity (Wildman–Crippen MR) is 147 cm³/mol. The molecule has 1 fully saturated rings. The van der Waals surface area contributed by atoms with Crippen molar-refractivity contribution in [2.75, 3.05) is 18.5 Å². The molecule has 1 aliphatic rings. The van der Waals surface area contributed by atoms with Crippen molar-refractivity contribution in [3.05, 3.63) is 66.4 Å². The van der Waals surface area contributed by atoms with Gasteiger partial charge < -0.3 is 25.6 Å². The monoisotopic (exact) mass is 520 g/mol. The van der Waals surface area contributed by atoms with Crippen LogP contribution < -0.4 is 15.4 Å². The second kappa shape index (κ2) is 12.1. The molecule has 9 heteroatoms. The van der Waals surface area contributed by atoms with Crippen LogP contribution in [0, 0.1) is 0 Å². The molecule has 2 aromatic carbocycles. The quantitative estimate of drug-likeness (QED) is 0.252. The predicted octanol–water partition coefficient (Wildman–Crippen LogP) is 5.22. The van der Waals surface area contributed by atoms with Crippen LogP contribution in [-0.4, -0.2) is 51.4 Å². The van der Waals surface area contributed by atoms with E-state index in [-0.39, 0.29) is 38.6 Å². The highest BCUT2D eigenvalue weighted by Crippen LogP contribution is 2.33. The molecule has 1 amide bonds. The Morgan fingerprint density at radius 2 is 1.92 bits per heavy atom. The average Bonchev–Trinajstić information content (AvgIpc) is 3.30. The Morgan fingerprint density at radius 1 is 1.08 bits per heavy atom. The van der Waals surface area contributed by atoms with Crippen LogP contribution >= 0.6 is 11.3 Å². The number of nitrogens with zero attached hydrogens (tertiary/aromatic N) is 2. The number of benzene rings is 2. The molecule has 2 aromatic heterocycles. The SMILES string of the molecule is C.O=C(NCCO)c1cccc(-c2cc(Oc3ccc4nc(N[C@@H]5CCCC[C@H]5O)sc4c3)ccn2)c1. The van der Waals surface area contributed by atoms with Gasteiger partial charge in [0.05, 0.1) is 34.7 Å². The van der Waals surface area contributed by atoms with Crippen LogP contribution in [0.3, 0.4) is 0 Å². The van der Waals surface area contributed by atoms with Crippen LogP contribution in [0.5, 0.6) is 11.5 Å². The molecule has 0 saturated heterocycles. The van der Waals surface area contributed by atoms with Gasteiger partial charge in [-0.2, -0.15) is 0 Å². The number of rotatable bonds is 8. The lowest BCUT2D eigenvalue weighted by molar-refractivity contribution is 0.0944. The minimum Gasteiger partial charge on any atom is -0.457 e. The molecule has 0 aliphatic heterocycles. The molecule has 8 nitrogen and oxygen atoms in total. The first-order valence-electron chi connectivity index (χ1n) is 12.1. The Hall–Kier alpha value is -3.53. The Balaban J connectivity index is 0.00000320. The van der Waals surface area contributed by atoms with Crippen LogP contribution in [-0.2, 0) is 0 Å². The van der Waals surface area contributed by atoms with E-state index in [9.17, 15) is 9.90 Å². The Bertz CT molecular complexity index is 1360. The minimum atomic E-state index is -0.332. The summed E-state index contributed by atoms with van der Waals surface area (Å²) in [5.41, 5.74) is 2.85. The van der Waals surface area contributed by atoms with E-state index >= 15 is 0 Å². The van der Waals surface area contributed by atoms with Gasteiger partial charge in [0.25, 0.3) is 5.91 Å². The van der Waals surface area contributed by atoms with Gasteiger partial charge in [0.15, 0.2) is 5.13 Å². The second-order valence-corrected chi connectivity index (χ2v) is 9.82. The maximum absolute atomic E-state index is 12.2. The fourth-order valence-electron chi connectivity index (χ4n) is 4.33. The van der Waals surface area contributed by atoms with Crippen molar-refractivity contribution in [1.29, 1.82) is 0 Å². The highest BCUT2D eigenvalue weighted by molar-refractivity contribution is 7.22. The molecule has 0 bridgehead atoms. The van der Waals surface area contributed by atoms with E-state index in [0.29, 0.717) is 22.8 Å². The molecule has 2 atom stereocenters. The van der Waals surface area contributed by atoms with Gasteiger partial charge in [-0.25, -0.2) is 4.98 Å². The molecular formula is C28H32N4O4S. The third-order valence-electron chi connectivity index (χ3n) is 6.18. The van der Waals surface area contributed by atoms with Gasteiger partial charge in [-0.1, -0.05) is 43.7 Å². The summed E-state index contributed by atoms with van der Waals surface area (Å²) in [5.74, 6) is 1.07. The van der Waals surface area contributed by atoms with Gasteiger partial charge in [-0.15, -0.1) is 0 Å². The van der Waals surface area contributed by atoms with Crippen molar-refractivity contribution in [2.24, 2.45) is 0 Å². The normalized spacial score (nSPS) is 17.1. The standard InChI is InChI=1S/C27H28N4O4S.CH4/c32-13-12-29-26(34)18-5-3-4-17(14-18)23-15-20(10-11-28-23)35-19-8-9-22-25(16-19)36-27(31-22)30-21-6-1-2-7-24(21)33;/h3-5,8-11,14-16,21,24,32-33H,1-2,6-7,12-13H2,(H,29,34)(H,30,31);1H4/t21-,24-;/m1./s1. The first kappa shape index (κ1) is 26.5. The molecule has 5 rings (SSSR count). The van der Waals surface area contributed by atoms with Gasteiger partial charge >= 0.3 is 0 Å². The molecule has 37 heavy (non-hydrogen) atoms. The number of aliphatic hydroxyl groups excluding tert-OH is 2. The first-order chi connectivity index (χ1) is 17.6. The number of hydrogen-bond donors (Lipinski definition) is 4. The summed E-state index contributed by atoms with van der Waals surface area (Å²) in [6.45, 7) is 0.0932. The van der Waals surface area contributed by atoms with Gasteiger partial charge in [0.1, 0.15) is 11.5 Å². The number of pyridine rings is 1. The van der Waals surface area contributed by atoms with Crippen LogP contribution in [0.1, 0.15) is 43.5 Å². The fraction of sp³-hybridized carbons (Fsp3) is 0.321. The number of aromatic nitrogens is 2. The summed E-state index contributed by atoms with van der Waals surface area (Å²) in [6.07, 6.45) is 5.31. The highest BCUT2D eigenvalue weighted by atomic mass is 32.1. The summed E-state index contributed by atoms with van der Waals surface area (Å²) < 4.78 is 7.12. The van der Waals surface area contributed by atoms with Crippen molar-refractivity contribution in [1.82, 2.24) is 15.3 Å². The van der Waals surface area contributed by atoms with Crippen LogP contribution in [0.2, 0.25) is 0 Å². The maximum Gasteiger partial charge on any atom is 0.251 e. The highest BCUT2D eigenvalue weighted by Gasteiger charge is 2.23.